The van der Waals surface area contributed by atoms with Crippen molar-refractivity contribution in [3.05, 3.63) is 35.2 Å². The predicted octanol–water partition coefficient (Wildman–Crippen LogP) is 8.86. The molecule has 0 aliphatic heterocycles. The molecule has 0 aliphatic rings. The summed E-state index contributed by atoms with van der Waals surface area (Å²) in [4.78, 5) is 8.46. The van der Waals surface area contributed by atoms with Gasteiger partial charge in [-0.2, -0.15) is 9.97 Å². The predicted molar refractivity (Wildman–Crippen MR) is 148 cm³/mol. The Morgan fingerprint density at radius 3 is 0.833 bits per heavy atom. The summed E-state index contributed by atoms with van der Waals surface area (Å²) < 4.78 is 15.4. The van der Waals surface area contributed by atoms with Gasteiger partial charge in [0.1, 0.15) is 0 Å². The third-order valence-electron chi connectivity index (χ3n) is 4.38. The lowest BCUT2D eigenvalue weighted by Gasteiger charge is -1.96. The molecule has 210 valence electrons. The lowest BCUT2D eigenvalue weighted by molar-refractivity contribution is 0.359. The van der Waals surface area contributed by atoms with E-state index in [1.807, 2.05) is 55.4 Å². The van der Waals surface area contributed by atoms with Gasteiger partial charge < -0.3 is 13.5 Å². The van der Waals surface area contributed by atoms with Crippen molar-refractivity contribution in [2.45, 2.75) is 141 Å². The summed E-state index contributed by atoms with van der Waals surface area (Å²) in [5, 5.41) is 15.5. The fourth-order valence-electron chi connectivity index (χ4n) is 2.15. The van der Waals surface area contributed by atoms with Crippen LogP contribution < -0.4 is 0 Å². The second-order valence-electron chi connectivity index (χ2n) is 9.89. The van der Waals surface area contributed by atoms with E-state index in [0.717, 1.165) is 35.2 Å². The third-order valence-corrected chi connectivity index (χ3v) is 4.38. The largest absolute Gasteiger partial charge is 0.425 e. The Bertz CT molecular complexity index is 737. The summed E-state index contributed by atoms with van der Waals surface area (Å²) in [7, 11) is 0. The molecule has 36 heavy (non-hydrogen) atoms. The molecule has 0 bridgehead atoms. The van der Waals surface area contributed by atoms with Crippen LogP contribution in [-0.4, -0.2) is 30.5 Å². The number of nitrogens with zero attached hydrogens (tertiary/aromatic N) is 6. The molecule has 0 radical (unpaired) electrons. The van der Waals surface area contributed by atoms with Gasteiger partial charge in [-0.1, -0.05) is 116 Å². The van der Waals surface area contributed by atoms with E-state index >= 15 is 0 Å². The molecule has 0 saturated carbocycles. The smallest absolute Gasteiger partial charge is 0.229 e. The first kappa shape index (κ1) is 38.0. The van der Waals surface area contributed by atoms with Gasteiger partial charge in [0, 0.05) is 35.5 Å². The van der Waals surface area contributed by atoms with Crippen LogP contribution in [0.2, 0.25) is 0 Å². The van der Waals surface area contributed by atoms with Crippen LogP contribution >= 0.6 is 0 Å². The molecular formula is C27H54N6O3. The van der Waals surface area contributed by atoms with Gasteiger partial charge in [0.25, 0.3) is 0 Å². The van der Waals surface area contributed by atoms with Gasteiger partial charge in [-0.05, 0) is 0 Å². The first-order chi connectivity index (χ1) is 15.3. The van der Waals surface area contributed by atoms with Crippen LogP contribution in [0, 0.1) is 0 Å². The summed E-state index contributed by atoms with van der Waals surface area (Å²) in [6, 6.07) is 0. The van der Waals surface area contributed by atoms with E-state index in [2.05, 4.69) is 58.2 Å². The Morgan fingerprint density at radius 2 is 0.694 bits per heavy atom. The number of hydrogen-bond acceptors (Lipinski definition) is 9. The zero-order chi connectivity index (χ0) is 25.3. The first-order valence-corrected chi connectivity index (χ1v) is 11.8. The molecule has 9 heteroatoms. The van der Waals surface area contributed by atoms with Crippen molar-refractivity contribution in [2.24, 2.45) is 0 Å². The van der Waals surface area contributed by atoms with Crippen LogP contribution in [0.3, 0.4) is 0 Å². The van der Waals surface area contributed by atoms with Gasteiger partial charge in [0.15, 0.2) is 11.6 Å². The second-order valence-corrected chi connectivity index (χ2v) is 9.89. The van der Waals surface area contributed by atoms with E-state index in [-0.39, 0.29) is 22.3 Å². The molecule has 0 atom stereocenters. The Morgan fingerprint density at radius 1 is 0.417 bits per heavy atom. The van der Waals surface area contributed by atoms with E-state index < -0.39 is 0 Å². The quantitative estimate of drug-likeness (QED) is 0.320. The molecule has 3 aromatic heterocycles. The Kier molecular flexibility index (Phi) is 18.8. The van der Waals surface area contributed by atoms with Gasteiger partial charge in [-0.25, -0.2) is 0 Å². The molecule has 9 nitrogen and oxygen atoms in total. The lowest BCUT2D eigenvalue weighted by Crippen LogP contribution is -1.91. The first-order valence-electron chi connectivity index (χ1n) is 11.8. The van der Waals surface area contributed by atoms with Crippen LogP contribution in [0.15, 0.2) is 13.5 Å². The summed E-state index contributed by atoms with van der Waals surface area (Å²) >= 11 is 0. The van der Waals surface area contributed by atoms with E-state index in [4.69, 9.17) is 13.5 Å². The molecule has 0 aromatic carbocycles. The van der Waals surface area contributed by atoms with Crippen molar-refractivity contribution in [3.8, 4) is 0 Å². The van der Waals surface area contributed by atoms with Crippen LogP contribution in [0.1, 0.15) is 176 Å². The third kappa shape index (κ3) is 12.4. The molecule has 3 rings (SSSR count). The average Bonchev–Trinajstić information content (AvgIpc) is 3.49. The summed E-state index contributed by atoms with van der Waals surface area (Å²) in [5.74, 6) is 6.54. The Hall–Kier alpha value is -2.58. The van der Waals surface area contributed by atoms with E-state index in [9.17, 15) is 0 Å². The van der Waals surface area contributed by atoms with Crippen molar-refractivity contribution in [2.75, 3.05) is 0 Å². The van der Waals surface area contributed by atoms with Crippen molar-refractivity contribution in [1.29, 1.82) is 0 Å². The van der Waals surface area contributed by atoms with Crippen molar-refractivity contribution < 1.29 is 13.5 Å². The maximum absolute atomic E-state index is 5.38. The molecule has 0 spiro atoms. The van der Waals surface area contributed by atoms with Crippen LogP contribution in [0.5, 0.6) is 0 Å². The average molecular weight is 511 g/mol. The van der Waals surface area contributed by atoms with Crippen LogP contribution in [0.25, 0.3) is 0 Å². The minimum Gasteiger partial charge on any atom is -0.425 e. The zero-order valence-electron chi connectivity index (χ0n) is 22.4. The van der Waals surface area contributed by atoms with Gasteiger partial charge >= 0.3 is 0 Å². The second kappa shape index (κ2) is 17.8. The van der Waals surface area contributed by atoms with E-state index in [1.165, 1.54) is 0 Å². The number of hydrogen-bond donors (Lipinski definition) is 0. The molecule has 0 saturated heterocycles. The topological polar surface area (TPSA) is 117 Å². The van der Waals surface area contributed by atoms with Gasteiger partial charge in [-0.15, -0.1) is 10.2 Å². The van der Waals surface area contributed by atoms with E-state index in [1.54, 1.807) is 0 Å². The van der Waals surface area contributed by atoms with Crippen LogP contribution in [0.4, 0.5) is 0 Å². The van der Waals surface area contributed by atoms with Crippen molar-refractivity contribution in [3.63, 3.8) is 0 Å². The normalized spacial score (nSPS) is 10.5. The fourth-order valence-corrected chi connectivity index (χ4v) is 2.15. The highest BCUT2D eigenvalue weighted by Gasteiger charge is 2.13. The van der Waals surface area contributed by atoms with E-state index in [0.29, 0.717) is 35.5 Å². The molecule has 3 aromatic rings. The van der Waals surface area contributed by atoms with Crippen LogP contribution in [-0.2, 0) is 0 Å². The number of aromatic nitrogens is 6. The number of rotatable bonds is 6. The Balaban J connectivity index is -0.000000436. The summed E-state index contributed by atoms with van der Waals surface area (Å²) in [6.45, 7) is 24.5. The van der Waals surface area contributed by atoms with Gasteiger partial charge in [0.05, 0.1) is 0 Å². The lowest BCUT2D eigenvalue weighted by atomic mass is 10.2. The molecule has 0 amide bonds. The SMILES string of the molecule is C.C.C.CC(C)c1nnc(C(C)C)o1.CC(C)c1noc(C(C)C)n1.CC(C)c1noc(C(C)C)n1. The fraction of sp³-hybridized carbons (Fsp3) is 0.778. The monoisotopic (exact) mass is 510 g/mol. The molecular weight excluding hydrogens is 456 g/mol. The molecule has 0 N–H and O–H groups in total. The summed E-state index contributed by atoms with van der Waals surface area (Å²) in [5.41, 5.74) is 0. The molecule has 3 heterocycles. The highest BCUT2D eigenvalue weighted by atomic mass is 16.5. The summed E-state index contributed by atoms with van der Waals surface area (Å²) in [6.07, 6.45) is 0. The van der Waals surface area contributed by atoms with Gasteiger partial charge in [-0.3, -0.25) is 0 Å². The van der Waals surface area contributed by atoms with Crippen molar-refractivity contribution in [1.82, 2.24) is 30.5 Å². The molecule has 0 aliphatic carbocycles. The van der Waals surface area contributed by atoms with Crippen molar-refractivity contribution >= 4 is 0 Å². The van der Waals surface area contributed by atoms with Gasteiger partial charge in [0.2, 0.25) is 23.6 Å². The molecule has 0 fully saturated rings. The maximum atomic E-state index is 5.38. The minimum atomic E-state index is 0. The zero-order valence-corrected chi connectivity index (χ0v) is 22.4. The minimum absolute atomic E-state index is 0. The standard InChI is InChI=1S/3C8H14N2O.3CH4/c1-5(2)7-9-10-8(11-7)6(3)4;2*1-5(2)7-9-8(6(3)4)11-10-7;;;/h3*5-6H,1-4H3;3*1H4. The maximum Gasteiger partial charge on any atom is 0.229 e. The highest BCUT2D eigenvalue weighted by molar-refractivity contribution is 4.95. The Labute approximate surface area is 220 Å². The highest BCUT2D eigenvalue weighted by Crippen LogP contribution is 2.18. The molecule has 0 unspecified atom stereocenters.